The topological polar surface area (TPSA) is 127 Å². The molecule has 1 aliphatic carbocycles. The molecule has 7 nitrogen and oxygen atoms in total. The van der Waals surface area contributed by atoms with Gasteiger partial charge in [-0.15, -0.1) is 0 Å². The van der Waals surface area contributed by atoms with E-state index in [1.54, 1.807) is 24.3 Å². The number of ketones is 1. The highest BCUT2D eigenvalue weighted by Gasteiger charge is 2.31. The molecule has 0 heterocycles. The molecule has 0 bridgehead atoms. The summed E-state index contributed by atoms with van der Waals surface area (Å²) in [6, 6.07) is 6.61. The quantitative estimate of drug-likeness (QED) is 0.497. The molecule has 2 unspecified atom stereocenters. The molecule has 1 aliphatic rings. The summed E-state index contributed by atoms with van der Waals surface area (Å²) in [5.74, 6) is -1.45. The second-order valence-electron chi connectivity index (χ2n) is 5.71. The molecule has 1 aromatic carbocycles. The predicted octanol–water partition coefficient (Wildman–Crippen LogP) is 2.48. The minimum Gasteiger partial charge on any atom is -0.508 e. The molecule has 0 fully saturated rings. The molecule has 0 saturated carbocycles. The second-order valence-corrected chi connectivity index (χ2v) is 7.02. The minimum atomic E-state index is -4.60. The van der Waals surface area contributed by atoms with Crippen LogP contribution in [0.2, 0.25) is 0 Å². The highest BCUT2D eigenvalue weighted by Crippen LogP contribution is 2.38. The molecule has 0 aromatic heterocycles. The molecule has 0 spiro atoms. The summed E-state index contributed by atoms with van der Waals surface area (Å²) in [4.78, 5) is 30.5. The second kappa shape index (κ2) is 7.21. The number of aliphatic hydroxyl groups is 1. The van der Waals surface area contributed by atoms with Crippen molar-refractivity contribution in [2.75, 3.05) is 0 Å². The molecule has 130 valence electrons. The number of aromatic hydroxyl groups is 1. The standard InChI is InChI=1S/C16H20NO6P/c1-2-10(11-3-5-12(18)6-4-11)7-14-15(17-24(21,22)23)8-13(19)9-16(14)20/h3-6,8-10,14,18-19H,2,7H2,1H3,(H3,17,21,22,23). The summed E-state index contributed by atoms with van der Waals surface area (Å²) >= 11 is 0. The molecule has 0 saturated heterocycles. The zero-order valence-corrected chi connectivity index (χ0v) is 14.0. The molecule has 0 radical (unpaired) electrons. The summed E-state index contributed by atoms with van der Waals surface area (Å²) in [6.07, 6.45) is 3.24. The number of phenolic OH excluding ortho intramolecular Hbond substituents is 1. The van der Waals surface area contributed by atoms with Gasteiger partial charge in [-0.25, -0.2) is 4.57 Å². The van der Waals surface area contributed by atoms with Crippen molar-refractivity contribution in [1.29, 1.82) is 0 Å². The lowest BCUT2D eigenvalue weighted by Gasteiger charge is -2.26. The third-order valence-electron chi connectivity index (χ3n) is 3.96. The number of phenols is 1. The number of carbonyl (C=O) groups is 1. The van der Waals surface area contributed by atoms with E-state index in [0.717, 1.165) is 17.7 Å². The van der Waals surface area contributed by atoms with Gasteiger partial charge < -0.3 is 20.0 Å². The largest absolute Gasteiger partial charge is 0.508 e. The maximum atomic E-state index is 12.2. The molecule has 0 amide bonds. The number of hydrogen-bond acceptors (Lipinski definition) is 4. The Labute approximate surface area is 139 Å². The Morgan fingerprint density at radius 2 is 1.79 bits per heavy atom. The van der Waals surface area contributed by atoms with Crippen LogP contribution in [-0.4, -0.2) is 25.8 Å². The van der Waals surface area contributed by atoms with Gasteiger partial charge in [-0.3, -0.25) is 9.88 Å². The van der Waals surface area contributed by atoms with Gasteiger partial charge in [0.2, 0.25) is 0 Å². The Kier molecular flexibility index (Phi) is 5.49. The SMILES string of the molecule is CCC(CC1C(=O)C=C(O)C=C1NP(=O)(O)O)c1ccc(O)cc1. The third kappa shape index (κ3) is 4.71. The van der Waals surface area contributed by atoms with Crippen LogP contribution < -0.4 is 5.09 Å². The summed E-state index contributed by atoms with van der Waals surface area (Å²) in [5.41, 5.74) is 0.919. The van der Waals surface area contributed by atoms with Gasteiger partial charge in [0, 0.05) is 17.8 Å². The highest BCUT2D eigenvalue weighted by atomic mass is 31.2. The van der Waals surface area contributed by atoms with E-state index in [1.165, 1.54) is 0 Å². The average molecular weight is 353 g/mol. The zero-order chi connectivity index (χ0) is 17.9. The van der Waals surface area contributed by atoms with Gasteiger partial charge in [-0.1, -0.05) is 19.1 Å². The van der Waals surface area contributed by atoms with E-state index in [2.05, 4.69) is 0 Å². The van der Waals surface area contributed by atoms with Crippen LogP contribution in [0.5, 0.6) is 5.75 Å². The first-order valence-corrected chi connectivity index (χ1v) is 9.09. The molecule has 1 aromatic rings. The molecule has 24 heavy (non-hydrogen) atoms. The predicted molar refractivity (Wildman–Crippen MR) is 88.2 cm³/mol. The van der Waals surface area contributed by atoms with Gasteiger partial charge in [0.05, 0.1) is 5.92 Å². The van der Waals surface area contributed by atoms with Gasteiger partial charge in [0.1, 0.15) is 11.5 Å². The molecular weight excluding hydrogens is 333 g/mol. The van der Waals surface area contributed by atoms with Gasteiger partial charge in [-0.05, 0) is 36.5 Å². The number of carbonyl (C=O) groups excluding carboxylic acids is 1. The fraction of sp³-hybridized carbons (Fsp3) is 0.312. The molecule has 5 N–H and O–H groups in total. The zero-order valence-electron chi connectivity index (χ0n) is 13.1. The van der Waals surface area contributed by atoms with Crippen LogP contribution in [0, 0.1) is 5.92 Å². The van der Waals surface area contributed by atoms with Crippen LogP contribution in [0.15, 0.2) is 47.9 Å². The minimum absolute atomic E-state index is 0.00515. The van der Waals surface area contributed by atoms with E-state index in [4.69, 9.17) is 9.79 Å². The van der Waals surface area contributed by atoms with Crippen LogP contribution in [0.4, 0.5) is 0 Å². The molecule has 8 heteroatoms. The van der Waals surface area contributed by atoms with Gasteiger partial charge >= 0.3 is 7.75 Å². The Bertz CT molecular complexity index is 719. The lowest BCUT2D eigenvalue weighted by molar-refractivity contribution is -0.117. The Hall–Kier alpha value is -2.08. The number of aliphatic hydroxyl groups excluding tert-OH is 1. The van der Waals surface area contributed by atoms with Gasteiger partial charge in [-0.2, -0.15) is 0 Å². The van der Waals surface area contributed by atoms with Crippen LogP contribution in [-0.2, 0) is 9.36 Å². The maximum Gasteiger partial charge on any atom is 0.427 e. The highest BCUT2D eigenvalue weighted by molar-refractivity contribution is 7.49. The Balaban J connectivity index is 2.26. The fourth-order valence-corrected chi connectivity index (χ4v) is 3.35. The van der Waals surface area contributed by atoms with Crippen molar-refractivity contribution in [3.05, 3.63) is 53.4 Å². The van der Waals surface area contributed by atoms with E-state index in [-0.39, 0.29) is 23.1 Å². The van der Waals surface area contributed by atoms with Crippen LogP contribution in [0.25, 0.3) is 0 Å². The first-order chi connectivity index (χ1) is 11.2. The number of benzene rings is 1. The van der Waals surface area contributed by atoms with E-state index in [9.17, 15) is 19.6 Å². The Morgan fingerprint density at radius 1 is 1.17 bits per heavy atom. The smallest absolute Gasteiger partial charge is 0.427 e. The molecule has 2 rings (SSSR count). The number of rotatable bonds is 6. The summed E-state index contributed by atoms with van der Waals surface area (Å²) < 4.78 is 11.2. The molecule has 2 atom stereocenters. The maximum absolute atomic E-state index is 12.2. The van der Waals surface area contributed by atoms with E-state index in [0.29, 0.717) is 12.8 Å². The Morgan fingerprint density at radius 3 is 2.33 bits per heavy atom. The average Bonchev–Trinajstić information content (AvgIpc) is 2.46. The van der Waals surface area contributed by atoms with Crippen LogP contribution >= 0.6 is 7.75 Å². The molecular formula is C16H20NO6P. The summed E-state index contributed by atoms with van der Waals surface area (Å²) in [6.45, 7) is 1.94. The van der Waals surface area contributed by atoms with Crippen molar-refractivity contribution in [2.45, 2.75) is 25.7 Å². The van der Waals surface area contributed by atoms with Crippen LogP contribution in [0.3, 0.4) is 0 Å². The van der Waals surface area contributed by atoms with Crippen molar-refractivity contribution >= 4 is 13.5 Å². The van der Waals surface area contributed by atoms with Crippen molar-refractivity contribution in [3.8, 4) is 5.75 Å². The third-order valence-corrected chi connectivity index (χ3v) is 4.51. The number of hydrogen-bond donors (Lipinski definition) is 5. The van der Waals surface area contributed by atoms with Crippen molar-refractivity contribution in [3.63, 3.8) is 0 Å². The van der Waals surface area contributed by atoms with Crippen molar-refractivity contribution in [2.24, 2.45) is 5.92 Å². The van der Waals surface area contributed by atoms with Crippen LogP contribution in [0.1, 0.15) is 31.2 Å². The summed E-state index contributed by atoms with van der Waals surface area (Å²) in [5, 5.41) is 20.9. The van der Waals surface area contributed by atoms with Gasteiger partial charge in [0.25, 0.3) is 0 Å². The number of nitrogens with one attached hydrogen (secondary N) is 1. The van der Waals surface area contributed by atoms with E-state index < -0.39 is 19.4 Å². The monoisotopic (exact) mass is 353 g/mol. The first kappa shape index (κ1) is 18.3. The normalized spacial score (nSPS) is 19.5. The summed E-state index contributed by atoms with van der Waals surface area (Å²) in [7, 11) is -4.60. The van der Waals surface area contributed by atoms with Crippen molar-refractivity contribution < 1.29 is 29.4 Å². The molecule has 0 aliphatic heterocycles. The lowest BCUT2D eigenvalue weighted by atomic mass is 9.82. The van der Waals surface area contributed by atoms with E-state index >= 15 is 0 Å². The lowest BCUT2D eigenvalue weighted by Crippen LogP contribution is -2.28. The van der Waals surface area contributed by atoms with E-state index in [1.807, 2.05) is 12.0 Å². The fourth-order valence-electron chi connectivity index (χ4n) is 2.79. The van der Waals surface area contributed by atoms with Crippen molar-refractivity contribution in [1.82, 2.24) is 5.09 Å². The first-order valence-electron chi connectivity index (χ1n) is 7.48. The van der Waals surface area contributed by atoms with Gasteiger partial charge in [0.15, 0.2) is 5.78 Å². The number of allylic oxidation sites excluding steroid dienone is 3.